The quantitative estimate of drug-likeness (QED) is 0.796. The number of hydrogen-bond donors (Lipinski definition) is 2. The number of anilines is 1. The number of para-hydroxylation sites is 1. The SMILES string of the molecule is Cc1ccc(NC(=O)C[C@H]2SC(=Nc3ccccc3C(F)(F)F)NC2=O)cc1. The number of amidine groups is 1. The number of carbonyl (C=O) groups excluding carboxylic acids is 2. The van der Waals surface area contributed by atoms with E-state index in [1.165, 1.54) is 18.2 Å². The van der Waals surface area contributed by atoms with E-state index in [4.69, 9.17) is 0 Å². The molecule has 1 heterocycles. The van der Waals surface area contributed by atoms with Gasteiger partial charge in [-0.05, 0) is 31.2 Å². The van der Waals surface area contributed by atoms with Crippen molar-refractivity contribution in [3.8, 4) is 0 Å². The van der Waals surface area contributed by atoms with E-state index in [0.29, 0.717) is 5.69 Å². The summed E-state index contributed by atoms with van der Waals surface area (Å²) in [5.41, 5.74) is 0.469. The fourth-order valence-electron chi connectivity index (χ4n) is 2.53. The topological polar surface area (TPSA) is 70.6 Å². The Morgan fingerprint density at radius 2 is 1.86 bits per heavy atom. The molecule has 2 N–H and O–H groups in total. The highest BCUT2D eigenvalue weighted by Crippen LogP contribution is 2.37. The first-order chi connectivity index (χ1) is 13.2. The lowest BCUT2D eigenvalue weighted by atomic mass is 10.2. The van der Waals surface area contributed by atoms with Crippen molar-refractivity contribution in [2.75, 3.05) is 5.32 Å². The molecule has 0 bridgehead atoms. The molecule has 0 unspecified atom stereocenters. The average Bonchev–Trinajstić information content (AvgIpc) is 2.95. The van der Waals surface area contributed by atoms with Crippen LogP contribution in [0.1, 0.15) is 17.5 Å². The molecule has 0 radical (unpaired) electrons. The largest absolute Gasteiger partial charge is 0.418 e. The number of aryl methyl sites for hydroxylation is 1. The maximum absolute atomic E-state index is 13.1. The van der Waals surface area contributed by atoms with E-state index in [2.05, 4.69) is 15.6 Å². The van der Waals surface area contributed by atoms with Crippen molar-refractivity contribution in [3.05, 3.63) is 59.7 Å². The van der Waals surface area contributed by atoms with Crippen LogP contribution in [0.3, 0.4) is 0 Å². The van der Waals surface area contributed by atoms with E-state index >= 15 is 0 Å². The minimum atomic E-state index is -4.55. The zero-order valence-electron chi connectivity index (χ0n) is 14.7. The van der Waals surface area contributed by atoms with Crippen LogP contribution in [-0.2, 0) is 15.8 Å². The fraction of sp³-hybridized carbons (Fsp3) is 0.211. The van der Waals surface area contributed by atoms with Crippen molar-refractivity contribution in [2.45, 2.75) is 24.8 Å². The molecule has 1 atom stereocenters. The van der Waals surface area contributed by atoms with Gasteiger partial charge in [0.25, 0.3) is 0 Å². The molecule has 0 spiro atoms. The lowest BCUT2D eigenvalue weighted by Crippen LogP contribution is -2.28. The Balaban J connectivity index is 1.68. The Kier molecular flexibility index (Phi) is 5.73. The molecule has 1 fully saturated rings. The highest BCUT2D eigenvalue weighted by Gasteiger charge is 2.35. The van der Waals surface area contributed by atoms with E-state index in [0.717, 1.165) is 23.4 Å². The van der Waals surface area contributed by atoms with Crippen LogP contribution < -0.4 is 10.6 Å². The van der Waals surface area contributed by atoms with Crippen LogP contribution in [0.15, 0.2) is 53.5 Å². The highest BCUT2D eigenvalue weighted by atomic mass is 32.2. The maximum atomic E-state index is 13.1. The van der Waals surface area contributed by atoms with Gasteiger partial charge >= 0.3 is 6.18 Å². The minimum Gasteiger partial charge on any atom is -0.326 e. The third-order valence-corrected chi connectivity index (χ3v) is 5.00. The Morgan fingerprint density at radius 1 is 1.18 bits per heavy atom. The number of benzene rings is 2. The first-order valence-corrected chi connectivity index (χ1v) is 9.19. The number of carbonyl (C=O) groups is 2. The van der Waals surface area contributed by atoms with Gasteiger partial charge in [-0.25, -0.2) is 4.99 Å². The van der Waals surface area contributed by atoms with Crippen LogP contribution in [0.5, 0.6) is 0 Å². The monoisotopic (exact) mass is 407 g/mol. The van der Waals surface area contributed by atoms with Gasteiger partial charge in [0, 0.05) is 12.1 Å². The first-order valence-electron chi connectivity index (χ1n) is 8.31. The van der Waals surface area contributed by atoms with Crippen molar-refractivity contribution < 1.29 is 22.8 Å². The third-order valence-electron chi connectivity index (χ3n) is 3.91. The van der Waals surface area contributed by atoms with Gasteiger partial charge in [0.1, 0.15) is 5.25 Å². The number of halogens is 3. The number of thioether (sulfide) groups is 1. The Hall–Kier alpha value is -2.81. The van der Waals surface area contributed by atoms with Crippen molar-refractivity contribution in [3.63, 3.8) is 0 Å². The summed E-state index contributed by atoms with van der Waals surface area (Å²) in [6, 6.07) is 12.0. The first kappa shape index (κ1) is 19.9. The number of nitrogens with zero attached hydrogens (tertiary/aromatic N) is 1. The number of amides is 2. The van der Waals surface area contributed by atoms with Gasteiger partial charge in [-0.15, -0.1) is 0 Å². The lowest BCUT2D eigenvalue weighted by Gasteiger charge is -2.09. The second kappa shape index (κ2) is 8.05. The van der Waals surface area contributed by atoms with E-state index in [1.807, 2.05) is 19.1 Å². The average molecular weight is 407 g/mol. The number of hydrogen-bond acceptors (Lipinski definition) is 4. The number of nitrogens with one attached hydrogen (secondary N) is 2. The van der Waals surface area contributed by atoms with Crippen LogP contribution in [-0.4, -0.2) is 22.2 Å². The molecule has 9 heteroatoms. The summed E-state index contributed by atoms with van der Waals surface area (Å²) >= 11 is 0.935. The summed E-state index contributed by atoms with van der Waals surface area (Å²) in [5.74, 6) is -0.833. The number of alkyl halides is 3. The zero-order chi connectivity index (χ0) is 20.3. The van der Waals surface area contributed by atoms with Crippen LogP contribution in [0, 0.1) is 6.92 Å². The molecular formula is C19H16F3N3O2S. The van der Waals surface area contributed by atoms with Gasteiger partial charge in [0.15, 0.2) is 5.17 Å². The van der Waals surface area contributed by atoms with E-state index < -0.39 is 22.9 Å². The smallest absolute Gasteiger partial charge is 0.326 e. The summed E-state index contributed by atoms with van der Waals surface area (Å²) in [6.07, 6.45) is -4.68. The normalized spacial score (nSPS) is 18.2. The summed E-state index contributed by atoms with van der Waals surface area (Å²) in [4.78, 5) is 28.2. The predicted octanol–water partition coefficient (Wildman–Crippen LogP) is 4.26. The van der Waals surface area contributed by atoms with Crippen molar-refractivity contribution >= 4 is 40.1 Å². The van der Waals surface area contributed by atoms with Crippen molar-refractivity contribution in [1.29, 1.82) is 0 Å². The molecule has 0 saturated carbocycles. The van der Waals surface area contributed by atoms with Gasteiger partial charge in [0.2, 0.25) is 11.8 Å². The van der Waals surface area contributed by atoms with E-state index in [9.17, 15) is 22.8 Å². The standard InChI is InChI=1S/C19H16F3N3O2S/c1-11-6-8-12(9-7-11)23-16(26)10-15-17(27)25-18(28-15)24-14-5-3-2-4-13(14)19(20,21)22/h2-9,15H,10H2,1H3,(H,23,26)(H,24,25,27)/t15-/m1/s1. The molecule has 1 aliphatic rings. The lowest BCUT2D eigenvalue weighted by molar-refractivity contribution is -0.137. The van der Waals surface area contributed by atoms with Gasteiger partial charge in [0.05, 0.1) is 11.3 Å². The highest BCUT2D eigenvalue weighted by molar-refractivity contribution is 8.15. The van der Waals surface area contributed by atoms with E-state index in [1.54, 1.807) is 12.1 Å². The molecule has 146 valence electrons. The molecular weight excluding hydrogens is 391 g/mol. The molecule has 2 aromatic carbocycles. The minimum absolute atomic E-state index is 0.0369. The second-order valence-electron chi connectivity index (χ2n) is 6.15. The van der Waals surface area contributed by atoms with Gasteiger partial charge in [-0.1, -0.05) is 41.6 Å². The summed E-state index contributed by atoms with van der Waals surface area (Å²) < 4.78 is 39.2. The van der Waals surface area contributed by atoms with Crippen LogP contribution >= 0.6 is 11.8 Å². The molecule has 2 amide bonds. The molecule has 2 aromatic rings. The third kappa shape index (κ3) is 4.92. The van der Waals surface area contributed by atoms with Gasteiger partial charge in [-0.3, -0.25) is 9.59 Å². The van der Waals surface area contributed by atoms with E-state index in [-0.39, 0.29) is 23.2 Å². The molecule has 5 nitrogen and oxygen atoms in total. The summed E-state index contributed by atoms with van der Waals surface area (Å²) in [5, 5.41) is 4.40. The predicted molar refractivity (Wildman–Crippen MR) is 102 cm³/mol. The van der Waals surface area contributed by atoms with Crippen molar-refractivity contribution in [2.24, 2.45) is 4.99 Å². The maximum Gasteiger partial charge on any atom is 0.418 e. The molecule has 0 aliphatic carbocycles. The molecule has 3 rings (SSSR count). The van der Waals surface area contributed by atoms with Crippen LogP contribution in [0.25, 0.3) is 0 Å². The van der Waals surface area contributed by atoms with Crippen LogP contribution in [0.4, 0.5) is 24.5 Å². The second-order valence-corrected chi connectivity index (χ2v) is 7.34. The number of aliphatic imine (C=N–C) groups is 1. The Bertz CT molecular complexity index is 927. The summed E-state index contributed by atoms with van der Waals surface area (Å²) in [6.45, 7) is 1.92. The molecule has 1 aliphatic heterocycles. The fourth-order valence-corrected chi connectivity index (χ4v) is 3.51. The molecule has 1 saturated heterocycles. The Labute approximate surface area is 163 Å². The number of rotatable bonds is 4. The van der Waals surface area contributed by atoms with Gasteiger partial charge in [-0.2, -0.15) is 13.2 Å². The van der Waals surface area contributed by atoms with Crippen LogP contribution in [0.2, 0.25) is 0 Å². The van der Waals surface area contributed by atoms with Gasteiger partial charge < -0.3 is 10.6 Å². The Morgan fingerprint density at radius 3 is 2.54 bits per heavy atom. The molecule has 28 heavy (non-hydrogen) atoms. The molecule has 0 aromatic heterocycles. The summed E-state index contributed by atoms with van der Waals surface area (Å²) in [7, 11) is 0. The zero-order valence-corrected chi connectivity index (χ0v) is 15.5. The van der Waals surface area contributed by atoms with Crippen molar-refractivity contribution in [1.82, 2.24) is 5.32 Å².